The number of benzene rings is 3. The minimum Gasteiger partial charge on any atom is -1.00 e. The van der Waals surface area contributed by atoms with Crippen LogP contribution in [0.15, 0.2) is 85.0 Å². The van der Waals surface area contributed by atoms with Gasteiger partial charge in [-0.2, -0.15) is 0 Å². The van der Waals surface area contributed by atoms with Crippen LogP contribution in [0, 0.1) is 5.92 Å². The zero-order chi connectivity index (χ0) is 26.4. The van der Waals surface area contributed by atoms with Crippen LogP contribution in [0.4, 0.5) is 0 Å². The van der Waals surface area contributed by atoms with Gasteiger partial charge in [0.1, 0.15) is 0 Å². The second kappa shape index (κ2) is 10.3. The fraction of sp³-hybridized carbons (Fsp3) is 0.270. The molecule has 1 unspecified atom stereocenters. The first-order valence-corrected chi connectivity index (χ1v) is 17.9. The molecule has 0 aliphatic heterocycles. The van der Waals surface area contributed by atoms with Crippen molar-refractivity contribution in [3.05, 3.63) is 124 Å². The minimum absolute atomic E-state index is 0. The van der Waals surface area contributed by atoms with Gasteiger partial charge in [0, 0.05) is 0 Å². The van der Waals surface area contributed by atoms with Crippen LogP contribution in [0.25, 0.3) is 23.3 Å². The molecule has 3 aromatic rings. The molecule has 202 valence electrons. The standard InChI is InChI=1S/C23H21.C7H9.C7H6.2ClH.Zr/c1-22(2)7-5-14-10-18-16(12-20(14)22)9-17-13-21-15(11-19(17)18)6-8-23(21,3)4;1-6-3-4-7(2)5-6;1-7-5-3-2-4-6-7;;;/h5-7,10-13H,9H2,1-4H3;3,5,7H,1-2H3;1-6H;2*1H;/q;;;;;+2/p-2. The van der Waals surface area contributed by atoms with Crippen molar-refractivity contribution < 1.29 is 46.1 Å². The monoisotopic (exact) mass is 640 g/mol. The predicted molar refractivity (Wildman–Crippen MR) is 160 cm³/mol. The van der Waals surface area contributed by atoms with Gasteiger partial charge in [0.15, 0.2) is 0 Å². The zero-order valence-electron chi connectivity index (χ0n) is 24.2. The fourth-order valence-corrected chi connectivity index (χ4v) is 15.2. The summed E-state index contributed by atoms with van der Waals surface area (Å²) in [6.07, 6.45) is 13.3. The normalized spacial score (nSPS) is 19.9. The van der Waals surface area contributed by atoms with E-state index < -0.39 is 21.3 Å². The molecule has 0 amide bonds. The van der Waals surface area contributed by atoms with E-state index in [0.717, 1.165) is 6.42 Å². The topological polar surface area (TPSA) is 0 Å². The molecule has 0 heterocycles. The van der Waals surface area contributed by atoms with Gasteiger partial charge in [-0.15, -0.1) is 0 Å². The Labute approximate surface area is 260 Å². The van der Waals surface area contributed by atoms with Crippen molar-refractivity contribution in [1.29, 1.82) is 0 Å². The molecular formula is C37H36Cl2Zr. The van der Waals surface area contributed by atoms with Crippen LogP contribution < -0.4 is 24.8 Å². The summed E-state index contributed by atoms with van der Waals surface area (Å²) in [6.45, 7) is 14.3. The second-order valence-corrected chi connectivity index (χ2v) is 18.4. The van der Waals surface area contributed by atoms with Gasteiger partial charge in [0.25, 0.3) is 0 Å². The van der Waals surface area contributed by atoms with Gasteiger partial charge in [0.2, 0.25) is 0 Å². The van der Waals surface area contributed by atoms with Crippen LogP contribution in [0.1, 0.15) is 80.5 Å². The van der Waals surface area contributed by atoms with Crippen LogP contribution in [0.2, 0.25) is 0 Å². The number of halogens is 2. The van der Waals surface area contributed by atoms with Crippen molar-refractivity contribution in [2.24, 2.45) is 5.92 Å². The quantitative estimate of drug-likeness (QED) is 0.323. The van der Waals surface area contributed by atoms with E-state index in [0.29, 0.717) is 5.92 Å². The molecule has 0 nitrogen and oxygen atoms in total. The Hall–Kier alpha value is -2.05. The average Bonchev–Trinajstić information content (AvgIpc) is 3.57. The van der Waals surface area contributed by atoms with Crippen LogP contribution in [-0.4, -0.2) is 3.71 Å². The van der Waals surface area contributed by atoms with Crippen molar-refractivity contribution in [1.82, 2.24) is 0 Å². The molecule has 0 bridgehead atoms. The summed E-state index contributed by atoms with van der Waals surface area (Å²) in [5.74, 6) is 0.543. The van der Waals surface area contributed by atoms with Crippen LogP contribution in [-0.2, 0) is 38.5 Å². The van der Waals surface area contributed by atoms with Crippen molar-refractivity contribution in [2.45, 2.75) is 58.8 Å². The summed E-state index contributed by atoms with van der Waals surface area (Å²) >= 11 is -2.32. The third-order valence-corrected chi connectivity index (χ3v) is 17.2. The van der Waals surface area contributed by atoms with Gasteiger partial charge in [-0.3, -0.25) is 0 Å². The summed E-state index contributed by atoms with van der Waals surface area (Å²) in [6, 6.07) is 21.1. The largest absolute Gasteiger partial charge is 1.00 e. The second-order valence-electron chi connectivity index (χ2n) is 12.9. The molecule has 1 atom stereocenters. The molecule has 0 N–H and O–H groups in total. The van der Waals surface area contributed by atoms with Crippen molar-refractivity contribution in [2.75, 3.05) is 0 Å². The molecule has 0 spiro atoms. The molecule has 4 aliphatic carbocycles. The molecule has 0 radical (unpaired) electrons. The Morgan fingerprint density at radius 1 is 0.825 bits per heavy atom. The molecule has 0 fully saturated rings. The molecule has 40 heavy (non-hydrogen) atoms. The maximum atomic E-state index is 2.69. The number of rotatable bonds is 3. The SMILES string of the molecule is CC1=CC(C)[C]([Zr+2](=[CH]c2ccccc2)[C]2=Cc3cc4c(cc3C2(C)C)Cc2cc3c(cc2-4)C=CC3(C)C)=C1.[Cl-].[Cl-]. The predicted octanol–water partition coefficient (Wildman–Crippen LogP) is 3.15. The van der Waals surface area contributed by atoms with E-state index in [4.69, 9.17) is 0 Å². The van der Waals surface area contributed by atoms with Gasteiger partial charge in [-0.25, -0.2) is 0 Å². The Morgan fingerprint density at radius 3 is 2.12 bits per heavy atom. The zero-order valence-corrected chi connectivity index (χ0v) is 28.2. The summed E-state index contributed by atoms with van der Waals surface area (Å²) < 4.78 is 6.11. The number of hydrogen-bond donors (Lipinski definition) is 0. The molecule has 0 saturated heterocycles. The van der Waals surface area contributed by atoms with E-state index in [9.17, 15) is 0 Å². The summed E-state index contributed by atoms with van der Waals surface area (Å²) in [5.41, 5.74) is 14.8. The van der Waals surface area contributed by atoms with Gasteiger partial charge in [0.05, 0.1) is 0 Å². The van der Waals surface area contributed by atoms with Crippen LogP contribution in [0.3, 0.4) is 0 Å². The molecule has 4 aliphatic rings. The van der Waals surface area contributed by atoms with Crippen molar-refractivity contribution in [3.8, 4) is 11.1 Å². The molecular weight excluding hydrogens is 607 g/mol. The smallest absolute Gasteiger partial charge is 1.00 e. The Balaban J connectivity index is 0.00000161. The van der Waals surface area contributed by atoms with Crippen LogP contribution >= 0.6 is 0 Å². The first-order valence-electron chi connectivity index (χ1n) is 14.1. The van der Waals surface area contributed by atoms with E-state index >= 15 is 0 Å². The Morgan fingerprint density at radius 2 is 1.48 bits per heavy atom. The molecule has 3 heteroatoms. The fourth-order valence-electron chi connectivity index (χ4n) is 7.23. The third-order valence-electron chi connectivity index (χ3n) is 9.34. The number of allylic oxidation sites excluding steroid dienone is 6. The average molecular weight is 643 g/mol. The van der Waals surface area contributed by atoms with Gasteiger partial charge >= 0.3 is 237 Å². The molecule has 0 aromatic heterocycles. The van der Waals surface area contributed by atoms with Crippen molar-refractivity contribution >= 4 is 15.9 Å². The summed E-state index contributed by atoms with van der Waals surface area (Å²) in [7, 11) is 0. The van der Waals surface area contributed by atoms with Gasteiger partial charge < -0.3 is 24.8 Å². The number of fused-ring (bicyclic) bond motifs is 5. The minimum atomic E-state index is -2.32. The molecule has 7 rings (SSSR count). The molecule has 0 saturated carbocycles. The van der Waals surface area contributed by atoms with Crippen LogP contribution in [0.5, 0.6) is 0 Å². The summed E-state index contributed by atoms with van der Waals surface area (Å²) in [5, 5.41) is 0. The van der Waals surface area contributed by atoms with E-state index in [2.05, 4.69) is 130 Å². The maximum absolute atomic E-state index is 2.69. The number of hydrogen-bond acceptors (Lipinski definition) is 0. The van der Waals surface area contributed by atoms with E-state index in [1.807, 2.05) is 0 Å². The van der Waals surface area contributed by atoms with Crippen molar-refractivity contribution in [3.63, 3.8) is 0 Å². The Kier molecular flexibility index (Phi) is 7.61. The Bertz CT molecular complexity index is 1690. The van der Waals surface area contributed by atoms with E-state index in [-0.39, 0.29) is 35.6 Å². The first-order chi connectivity index (χ1) is 18.1. The van der Waals surface area contributed by atoms with Gasteiger partial charge in [-0.1, -0.05) is 0 Å². The maximum Gasteiger partial charge on any atom is -1.00 e. The van der Waals surface area contributed by atoms with Gasteiger partial charge in [-0.05, 0) is 0 Å². The third kappa shape index (κ3) is 4.58. The van der Waals surface area contributed by atoms with E-state index in [1.54, 1.807) is 6.56 Å². The summed E-state index contributed by atoms with van der Waals surface area (Å²) in [4.78, 5) is 0. The first kappa shape index (κ1) is 29.4. The van der Waals surface area contributed by atoms with E-state index in [1.165, 1.54) is 55.6 Å². The molecule has 3 aromatic carbocycles.